The third kappa shape index (κ3) is 2.48. The van der Waals surface area contributed by atoms with Crippen molar-refractivity contribution in [2.75, 3.05) is 12.4 Å². The largest absolute Gasteiger partial charge is 0.388 e. The molecule has 4 rings (SSSR count). The van der Waals surface area contributed by atoms with Crippen LogP contribution in [0.4, 0.5) is 5.69 Å². The molecule has 0 unspecified atom stereocenters. The summed E-state index contributed by atoms with van der Waals surface area (Å²) < 4.78 is 0. The van der Waals surface area contributed by atoms with E-state index in [9.17, 15) is 0 Å². The highest BCUT2D eigenvalue weighted by molar-refractivity contribution is 6.02. The van der Waals surface area contributed by atoms with Gasteiger partial charge in [-0.1, -0.05) is 36.4 Å². The van der Waals surface area contributed by atoms with Crippen molar-refractivity contribution in [1.29, 1.82) is 0 Å². The molecule has 2 aromatic carbocycles. The van der Waals surface area contributed by atoms with Crippen molar-refractivity contribution in [2.45, 2.75) is 0 Å². The van der Waals surface area contributed by atoms with Gasteiger partial charge in [0, 0.05) is 41.6 Å². The molecular formula is C20H16N4. The molecule has 0 aliphatic heterocycles. The second kappa shape index (κ2) is 6.08. The van der Waals surface area contributed by atoms with Gasteiger partial charge in [-0.15, -0.1) is 0 Å². The van der Waals surface area contributed by atoms with Gasteiger partial charge >= 0.3 is 0 Å². The van der Waals surface area contributed by atoms with Crippen LogP contribution in [0.25, 0.3) is 33.5 Å². The Morgan fingerprint density at radius 2 is 1.62 bits per heavy atom. The van der Waals surface area contributed by atoms with E-state index in [-0.39, 0.29) is 0 Å². The number of anilines is 1. The molecule has 0 fully saturated rings. The molecule has 4 aromatic rings. The molecule has 2 heterocycles. The van der Waals surface area contributed by atoms with Gasteiger partial charge < -0.3 is 5.32 Å². The van der Waals surface area contributed by atoms with Crippen LogP contribution in [0.5, 0.6) is 0 Å². The number of aromatic nitrogens is 3. The van der Waals surface area contributed by atoms with E-state index in [1.807, 2.05) is 55.6 Å². The number of rotatable bonds is 3. The minimum Gasteiger partial charge on any atom is -0.388 e. The Labute approximate surface area is 140 Å². The van der Waals surface area contributed by atoms with Crippen LogP contribution in [0.3, 0.4) is 0 Å². The van der Waals surface area contributed by atoms with Gasteiger partial charge in [-0.25, -0.2) is 9.97 Å². The fourth-order valence-corrected chi connectivity index (χ4v) is 2.82. The molecule has 24 heavy (non-hydrogen) atoms. The van der Waals surface area contributed by atoms with E-state index in [4.69, 9.17) is 9.97 Å². The van der Waals surface area contributed by atoms with Gasteiger partial charge in [-0.05, 0) is 24.3 Å². The summed E-state index contributed by atoms with van der Waals surface area (Å²) in [5, 5.41) is 4.27. The first-order valence-electron chi connectivity index (χ1n) is 7.81. The quantitative estimate of drug-likeness (QED) is 0.609. The standard InChI is InChI=1S/C20H16N4/c1-21-16-10-5-11-17-18(16)19(14-7-3-2-4-8-14)24-20(23-17)15-9-6-12-22-13-15/h2-13,21H,1H3. The molecule has 4 nitrogen and oxygen atoms in total. The number of pyridine rings is 1. The summed E-state index contributed by atoms with van der Waals surface area (Å²) in [6.45, 7) is 0. The number of benzene rings is 2. The Balaban J connectivity index is 2.06. The molecule has 0 spiro atoms. The SMILES string of the molecule is CNc1cccc2nc(-c3cccnc3)nc(-c3ccccc3)c12. The second-order valence-electron chi connectivity index (χ2n) is 5.45. The molecule has 0 amide bonds. The first-order chi connectivity index (χ1) is 11.9. The summed E-state index contributed by atoms with van der Waals surface area (Å²) in [6, 6.07) is 20.1. The zero-order chi connectivity index (χ0) is 16.4. The number of nitrogens with zero attached hydrogens (tertiary/aromatic N) is 3. The van der Waals surface area contributed by atoms with Gasteiger partial charge in [0.1, 0.15) is 0 Å². The van der Waals surface area contributed by atoms with Gasteiger partial charge in [0.15, 0.2) is 5.82 Å². The second-order valence-corrected chi connectivity index (χ2v) is 5.45. The predicted molar refractivity (Wildman–Crippen MR) is 97.8 cm³/mol. The normalized spacial score (nSPS) is 10.7. The lowest BCUT2D eigenvalue weighted by atomic mass is 10.0. The van der Waals surface area contributed by atoms with Crippen molar-refractivity contribution in [3.05, 3.63) is 73.1 Å². The van der Waals surface area contributed by atoms with E-state index in [1.54, 1.807) is 12.4 Å². The van der Waals surface area contributed by atoms with Crippen molar-refractivity contribution in [2.24, 2.45) is 0 Å². The van der Waals surface area contributed by atoms with Gasteiger partial charge in [-0.3, -0.25) is 4.98 Å². The first-order valence-corrected chi connectivity index (χ1v) is 7.81. The molecule has 0 bridgehead atoms. The van der Waals surface area contributed by atoms with Crippen LogP contribution in [0.1, 0.15) is 0 Å². The Kier molecular flexibility index (Phi) is 3.63. The van der Waals surface area contributed by atoms with E-state index in [1.165, 1.54) is 0 Å². The van der Waals surface area contributed by atoms with Crippen LogP contribution in [-0.2, 0) is 0 Å². The third-order valence-electron chi connectivity index (χ3n) is 3.96. The van der Waals surface area contributed by atoms with E-state index in [2.05, 4.69) is 22.4 Å². The molecule has 0 atom stereocenters. The Bertz CT molecular complexity index is 982. The van der Waals surface area contributed by atoms with E-state index in [0.717, 1.165) is 33.4 Å². The summed E-state index contributed by atoms with van der Waals surface area (Å²) in [4.78, 5) is 13.8. The van der Waals surface area contributed by atoms with Crippen molar-refractivity contribution in [1.82, 2.24) is 15.0 Å². The highest BCUT2D eigenvalue weighted by Gasteiger charge is 2.13. The summed E-state index contributed by atoms with van der Waals surface area (Å²) >= 11 is 0. The Morgan fingerprint density at radius 3 is 2.38 bits per heavy atom. The molecular weight excluding hydrogens is 296 g/mol. The van der Waals surface area contributed by atoms with Crippen molar-refractivity contribution in [3.8, 4) is 22.6 Å². The topological polar surface area (TPSA) is 50.7 Å². The number of fused-ring (bicyclic) bond motifs is 1. The Hall–Kier alpha value is -3.27. The molecule has 0 radical (unpaired) electrons. The molecule has 2 aromatic heterocycles. The zero-order valence-electron chi connectivity index (χ0n) is 13.3. The Morgan fingerprint density at radius 1 is 0.792 bits per heavy atom. The minimum atomic E-state index is 0.683. The lowest BCUT2D eigenvalue weighted by molar-refractivity contribution is 1.21. The summed E-state index contributed by atoms with van der Waals surface area (Å²) in [6.07, 6.45) is 3.54. The van der Waals surface area contributed by atoms with Crippen molar-refractivity contribution >= 4 is 16.6 Å². The molecule has 0 aliphatic carbocycles. The van der Waals surface area contributed by atoms with E-state index >= 15 is 0 Å². The molecule has 116 valence electrons. The minimum absolute atomic E-state index is 0.683. The summed E-state index contributed by atoms with van der Waals surface area (Å²) in [7, 11) is 1.92. The van der Waals surface area contributed by atoms with Crippen LogP contribution < -0.4 is 5.32 Å². The van der Waals surface area contributed by atoms with E-state index in [0.29, 0.717) is 5.82 Å². The molecule has 0 saturated heterocycles. The van der Waals surface area contributed by atoms with Gasteiger partial charge in [-0.2, -0.15) is 0 Å². The van der Waals surface area contributed by atoms with E-state index < -0.39 is 0 Å². The van der Waals surface area contributed by atoms with Crippen LogP contribution in [0, 0.1) is 0 Å². The fourth-order valence-electron chi connectivity index (χ4n) is 2.82. The highest BCUT2D eigenvalue weighted by atomic mass is 14.9. The maximum atomic E-state index is 4.86. The predicted octanol–water partition coefficient (Wildman–Crippen LogP) is 4.40. The summed E-state index contributed by atoms with van der Waals surface area (Å²) in [5.41, 5.74) is 4.83. The maximum Gasteiger partial charge on any atom is 0.161 e. The van der Waals surface area contributed by atoms with Crippen molar-refractivity contribution < 1.29 is 0 Å². The van der Waals surface area contributed by atoms with Crippen LogP contribution in [0.15, 0.2) is 73.1 Å². The molecule has 0 saturated carbocycles. The lowest BCUT2D eigenvalue weighted by Gasteiger charge is -2.12. The van der Waals surface area contributed by atoms with Crippen LogP contribution >= 0.6 is 0 Å². The monoisotopic (exact) mass is 312 g/mol. The number of hydrogen-bond donors (Lipinski definition) is 1. The smallest absolute Gasteiger partial charge is 0.161 e. The molecule has 4 heteroatoms. The third-order valence-corrected chi connectivity index (χ3v) is 3.96. The fraction of sp³-hybridized carbons (Fsp3) is 0.0500. The van der Waals surface area contributed by atoms with Gasteiger partial charge in [0.25, 0.3) is 0 Å². The lowest BCUT2D eigenvalue weighted by Crippen LogP contribution is -1.98. The highest BCUT2D eigenvalue weighted by Crippen LogP contribution is 2.33. The first kappa shape index (κ1) is 14.3. The van der Waals surface area contributed by atoms with Gasteiger partial charge in [0.2, 0.25) is 0 Å². The van der Waals surface area contributed by atoms with Crippen LogP contribution in [-0.4, -0.2) is 22.0 Å². The van der Waals surface area contributed by atoms with Crippen LogP contribution in [0.2, 0.25) is 0 Å². The average molecular weight is 312 g/mol. The zero-order valence-corrected chi connectivity index (χ0v) is 13.3. The van der Waals surface area contributed by atoms with Gasteiger partial charge in [0.05, 0.1) is 11.2 Å². The average Bonchev–Trinajstić information content (AvgIpc) is 2.68. The number of hydrogen-bond acceptors (Lipinski definition) is 4. The molecule has 1 N–H and O–H groups in total. The maximum absolute atomic E-state index is 4.86. The number of nitrogens with one attached hydrogen (secondary N) is 1. The van der Waals surface area contributed by atoms with Crippen molar-refractivity contribution in [3.63, 3.8) is 0 Å². The summed E-state index contributed by atoms with van der Waals surface area (Å²) in [5.74, 6) is 0.683. The molecule has 0 aliphatic rings.